The van der Waals surface area contributed by atoms with Crippen LogP contribution in [-0.2, 0) is 6.42 Å². The molecule has 0 amide bonds. The van der Waals surface area contributed by atoms with Gasteiger partial charge in [0.15, 0.2) is 5.69 Å². The van der Waals surface area contributed by atoms with Crippen LogP contribution in [0.4, 0.5) is 0 Å². The molecule has 4 rings (SSSR count). The SMILES string of the molecule is COc1ccc2c(Cc3nc(C(=O)O)cs3)c(-c3ccccc3)[nH]c2c1. The summed E-state index contributed by atoms with van der Waals surface area (Å²) in [7, 11) is 1.64. The van der Waals surface area contributed by atoms with Crippen LogP contribution >= 0.6 is 11.3 Å². The Kier molecular flexibility index (Phi) is 4.18. The maximum atomic E-state index is 11.1. The Hall–Kier alpha value is -3.12. The molecule has 0 saturated carbocycles. The highest BCUT2D eigenvalue weighted by Gasteiger charge is 2.17. The minimum absolute atomic E-state index is 0.0905. The molecule has 2 aromatic heterocycles. The number of aromatic nitrogens is 2. The summed E-state index contributed by atoms with van der Waals surface area (Å²) in [5.41, 5.74) is 4.26. The fraction of sp³-hybridized carbons (Fsp3) is 0.100. The van der Waals surface area contributed by atoms with Crippen LogP contribution < -0.4 is 4.74 Å². The molecule has 0 aliphatic carbocycles. The number of rotatable bonds is 5. The third kappa shape index (κ3) is 2.95. The summed E-state index contributed by atoms with van der Waals surface area (Å²) in [6.45, 7) is 0. The second-order valence-corrected chi connectivity index (χ2v) is 6.81. The average molecular weight is 364 g/mol. The van der Waals surface area contributed by atoms with Crippen molar-refractivity contribution in [1.82, 2.24) is 9.97 Å². The van der Waals surface area contributed by atoms with Crippen molar-refractivity contribution in [2.45, 2.75) is 6.42 Å². The van der Waals surface area contributed by atoms with Crippen molar-refractivity contribution in [3.8, 4) is 17.0 Å². The Labute approximate surface area is 153 Å². The molecule has 4 aromatic rings. The fourth-order valence-corrected chi connectivity index (χ4v) is 3.82. The van der Waals surface area contributed by atoms with Gasteiger partial charge in [-0.3, -0.25) is 0 Å². The molecule has 0 spiro atoms. The summed E-state index contributed by atoms with van der Waals surface area (Å²) < 4.78 is 5.33. The van der Waals surface area contributed by atoms with Gasteiger partial charge in [-0.25, -0.2) is 9.78 Å². The van der Waals surface area contributed by atoms with Crippen LogP contribution in [0.5, 0.6) is 5.75 Å². The van der Waals surface area contributed by atoms with Crippen molar-refractivity contribution in [2.75, 3.05) is 7.11 Å². The topological polar surface area (TPSA) is 75.2 Å². The summed E-state index contributed by atoms with van der Waals surface area (Å²) in [5, 5.41) is 12.5. The molecule has 0 aliphatic rings. The zero-order chi connectivity index (χ0) is 18.1. The lowest BCUT2D eigenvalue weighted by Gasteiger charge is -2.04. The fourth-order valence-electron chi connectivity index (χ4n) is 3.04. The molecule has 0 aliphatic heterocycles. The minimum atomic E-state index is -1.00. The Morgan fingerprint density at radius 3 is 2.73 bits per heavy atom. The van der Waals surface area contributed by atoms with Crippen molar-refractivity contribution in [3.63, 3.8) is 0 Å². The molecule has 0 bridgehead atoms. The van der Waals surface area contributed by atoms with Crippen LogP contribution in [0.2, 0.25) is 0 Å². The third-order valence-corrected chi connectivity index (χ3v) is 5.12. The number of carboxylic acids is 1. The standard InChI is InChI=1S/C20H16N2O3S/c1-25-13-7-8-14-15(10-18-21-17(11-26-18)20(23)24)19(22-16(14)9-13)12-5-3-2-4-6-12/h2-9,11,22H,10H2,1H3,(H,23,24). The molecule has 2 aromatic carbocycles. The van der Waals surface area contributed by atoms with E-state index in [9.17, 15) is 4.79 Å². The summed E-state index contributed by atoms with van der Waals surface area (Å²) in [6.07, 6.45) is 0.564. The van der Waals surface area contributed by atoms with E-state index in [4.69, 9.17) is 9.84 Å². The van der Waals surface area contributed by atoms with Gasteiger partial charge in [-0.05, 0) is 23.3 Å². The first-order valence-corrected chi connectivity index (χ1v) is 8.95. The van der Waals surface area contributed by atoms with Gasteiger partial charge in [-0.1, -0.05) is 30.3 Å². The molecule has 2 N–H and O–H groups in total. The maximum absolute atomic E-state index is 11.1. The number of nitrogens with zero attached hydrogens (tertiary/aromatic N) is 1. The zero-order valence-electron chi connectivity index (χ0n) is 14.0. The van der Waals surface area contributed by atoms with Gasteiger partial charge in [0.25, 0.3) is 0 Å². The molecule has 0 atom stereocenters. The molecule has 0 saturated heterocycles. The average Bonchev–Trinajstić information content (AvgIpc) is 3.27. The van der Waals surface area contributed by atoms with E-state index >= 15 is 0 Å². The molecule has 0 radical (unpaired) electrons. The largest absolute Gasteiger partial charge is 0.497 e. The van der Waals surface area contributed by atoms with Crippen molar-refractivity contribution >= 4 is 28.2 Å². The van der Waals surface area contributed by atoms with Gasteiger partial charge in [0, 0.05) is 28.8 Å². The van der Waals surface area contributed by atoms with Gasteiger partial charge in [-0.15, -0.1) is 11.3 Å². The van der Waals surface area contributed by atoms with Gasteiger partial charge in [0.05, 0.1) is 17.8 Å². The number of methoxy groups -OCH3 is 1. The molecule has 6 heteroatoms. The summed E-state index contributed by atoms with van der Waals surface area (Å²) >= 11 is 1.37. The molecule has 5 nitrogen and oxygen atoms in total. The number of fused-ring (bicyclic) bond motifs is 1. The van der Waals surface area contributed by atoms with E-state index in [1.807, 2.05) is 36.4 Å². The normalized spacial score (nSPS) is 11.0. The van der Waals surface area contributed by atoms with E-state index in [2.05, 4.69) is 22.1 Å². The van der Waals surface area contributed by atoms with Crippen molar-refractivity contribution in [3.05, 3.63) is 70.2 Å². The maximum Gasteiger partial charge on any atom is 0.355 e. The monoisotopic (exact) mass is 364 g/mol. The first-order chi connectivity index (χ1) is 12.7. The summed E-state index contributed by atoms with van der Waals surface area (Å²) in [6, 6.07) is 16.0. The van der Waals surface area contributed by atoms with E-state index in [-0.39, 0.29) is 5.69 Å². The predicted molar refractivity (Wildman–Crippen MR) is 102 cm³/mol. The summed E-state index contributed by atoms with van der Waals surface area (Å²) in [5.74, 6) is -0.216. The third-order valence-electron chi connectivity index (χ3n) is 4.27. The minimum Gasteiger partial charge on any atom is -0.497 e. The van der Waals surface area contributed by atoms with Gasteiger partial charge in [0.2, 0.25) is 0 Å². The molecule has 130 valence electrons. The Balaban J connectivity index is 1.85. The number of ether oxygens (including phenoxy) is 1. The highest BCUT2D eigenvalue weighted by atomic mass is 32.1. The Bertz CT molecular complexity index is 1080. The quantitative estimate of drug-likeness (QED) is 0.543. The van der Waals surface area contributed by atoms with Crippen molar-refractivity contribution in [1.29, 1.82) is 0 Å². The molecular weight excluding hydrogens is 348 g/mol. The second-order valence-electron chi connectivity index (χ2n) is 5.86. The molecule has 2 heterocycles. The first-order valence-electron chi connectivity index (χ1n) is 8.07. The van der Waals surface area contributed by atoms with Crippen LogP contribution in [-0.4, -0.2) is 28.2 Å². The number of hydrogen-bond acceptors (Lipinski definition) is 4. The lowest BCUT2D eigenvalue weighted by atomic mass is 10.0. The number of H-pyrrole nitrogens is 1. The van der Waals surface area contributed by atoms with E-state index < -0.39 is 5.97 Å². The molecule has 26 heavy (non-hydrogen) atoms. The van der Waals surface area contributed by atoms with E-state index in [0.29, 0.717) is 6.42 Å². The van der Waals surface area contributed by atoms with Gasteiger partial charge < -0.3 is 14.8 Å². The van der Waals surface area contributed by atoms with Crippen LogP contribution in [0.3, 0.4) is 0 Å². The van der Waals surface area contributed by atoms with Gasteiger partial charge in [-0.2, -0.15) is 0 Å². The number of aromatic amines is 1. The number of aromatic carboxylic acids is 1. The molecule has 0 fully saturated rings. The second kappa shape index (κ2) is 6.65. The van der Waals surface area contributed by atoms with E-state index in [1.165, 1.54) is 11.3 Å². The first kappa shape index (κ1) is 16.4. The molecular formula is C20H16N2O3S. The van der Waals surface area contributed by atoms with Crippen LogP contribution in [0, 0.1) is 0 Å². The number of carbonyl (C=O) groups is 1. The Morgan fingerprint density at radius 2 is 2.04 bits per heavy atom. The van der Waals surface area contributed by atoms with Crippen LogP contribution in [0.1, 0.15) is 21.1 Å². The predicted octanol–water partition coefficient (Wildman–Crippen LogP) is 4.59. The lowest BCUT2D eigenvalue weighted by Crippen LogP contribution is -1.97. The van der Waals surface area contributed by atoms with Crippen LogP contribution in [0.15, 0.2) is 53.9 Å². The van der Waals surface area contributed by atoms with E-state index in [0.717, 1.165) is 38.5 Å². The highest BCUT2D eigenvalue weighted by molar-refractivity contribution is 7.09. The number of hydrogen-bond donors (Lipinski definition) is 2. The van der Waals surface area contributed by atoms with Crippen LogP contribution in [0.25, 0.3) is 22.2 Å². The van der Waals surface area contributed by atoms with Crippen molar-refractivity contribution in [2.24, 2.45) is 0 Å². The van der Waals surface area contributed by atoms with Gasteiger partial charge in [0.1, 0.15) is 5.75 Å². The number of nitrogens with one attached hydrogen (secondary N) is 1. The molecule has 0 unspecified atom stereocenters. The Morgan fingerprint density at radius 1 is 1.23 bits per heavy atom. The smallest absolute Gasteiger partial charge is 0.355 e. The summed E-state index contributed by atoms with van der Waals surface area (Å²) in [4.78, 5) is 18.8. The van der Waals surface area contributed by atoms with Crippen molar-refractivity contribution < 1.29 is 14.6 Å². The highest BCUT2D eigenvalue weighted by Crippen LogP contribution is 2.34. The zero-order valence-corrected chi connectivity index (χ0v) is 14.8. The number of thiazole rings is 1. The lowest BCUT2D eigenvalue weighted by molar-refractivity contribution is 0.0691. The number of benzene rings is 2. The van der Waals surface area contributed by atoms with E-state index in [1.54, 1.807) is 12.5 Å². The number of carboxylic acid groups (broad SMARTS) is 1. The van der Waals surface area contributed by atoms with Gasteiger partial charge >= 0.3 is 5.97 Å².